The molecule has 1 fully saturated rings. The molecule has 34 heavy (non-hydrogen) atoms. The van der Waals surface area contributed by atoms with Gasteiger partial charge in [0.15, 0.2) is 11.0 Å². The highest BCUT2D eigenvalue weighted by Gasteiger charge is 2.23. The second-order valence-corrected chi connectivity index (χ2v) is 8.57. The van der Waals surface area contributed by atoms with Crippen LogP contribution in [0.15, 0.2) is 43.2 Å². The molecule has 1 aliphatic rings. The highest BCUT2D eigenvalue weighted by atomic mass is 35.5. The number of carbonyl (C=O) groups excluding carboxylic acids is 1. The molecular weight excluding hydrogens is 484 g/mol. The fraction of sp³-hybridized carbons (Fsp3) is 0.273. The van der Waals surface area contributed by atoms with Crippen LogP contribution in [0.3, 0.4) is 0 Å². The fourth-order valence-electron chi connectivity index (χ4n) is 3.62. The molecule has 9 nitrogen and oxygen atoms in total. The number of nitrogens with zero attached hydrogens (tertiary/aromatic N) is 4. The zero-order valence-corrected chi connectivity index (χ0v) is 19.4. The van der Waals surface area contributed by atoms with Crippen LogP contribution in [-0.2, 0) is 4.79 Å². The average molecular weight is 506 g/mol. The van der Waals surface area contributed by atoms with E-state index in [9.17, 15) is 14.3 Å². The van der Waals surface area contributed by atoms with Crippen molar-refractivity contribution >= 4 is 57.9 Å². The number of aliphatic hydroxyl groups excluding tert-OH is 1. The molecule has 0 aliphatic heterocycles. The summed E-state index contributed by atoms with van der Waals surface area (Å²) >= 11 is 12.5. The van der Waals surface area contributed by atoms with Crippen LogP contribution in [0, 0.1) is 5.82 Å². The van der Waals surface area contributed by atoms with E-state index >= 15 is 0 Å². The standard InChI is InChI=1S/C22H22Cl2FN7O2/c1-2-19(34)27-12-3-8-16(25)17(9-12)28-21-15(23)10-26-22(30-21)29-18-11-32(31-20(18)24)13-4-6-14(33)7-5-13/h2-3,8-11,13-14,33H,1,4-7H2,(H,27,34)(H2,26,28,29,30). The van der Waals surface area contributed by atoms with Gasteiger partial charge in [0.25, 0.3) is 0 Å². The zero-order chi connectivity index (χ0) is 24.2. The third-order valence-corrected chi connectivity index (χ3v) is 5.95. The Labute approximate surface area is 205 Å². The van der Waals surface area contributed by atoms with Crippen LogP contribution < -0.4 is 16.0 Å². The van der Waals surface area contributed by atoms with Gasteiger partial charge in [-0.05, 0) is 50.0 Å². The number of hydrogen-bond donors (Lipinski definition) is 4. The summed E-state index contributed by atoms with van der Waals surface area (Å²) in [5, 5.41) is 22.9. The Kier molecular flexibility index (Phi) is 7.30. The molecule has 1 aromatic carbocycles. The molecule has 1 aliphatic carbocycles. The van der Waals surface area contributed by atoms with E-state index < -0.39 is 11.7 Å². The van der Waals surface area contributed by atoms with Crippen molar-refractivity contribution in [1.29, 1.82) is 0 Å². The second kappa shape index (κ2) is 10.4. The van der Waals surface area contributed by atoms with Crippen molar-refractivity contribution in [3.8, 4) is 0 Å². The molecule has 12 heteroatoms. The number of nitrogens with one attached hydrogen (secondary N) is 3. The lowest BCUT2D eigenvalue weighted by atomic mass is 9.93. The molecule has 3 aromatic rings. The minimum Gasteiger partial charge on any atom is -0.393 e. The molecule has 0 atom stereocenters. The molecule has 1 amide bonds. The van der Waals surface area contributed by atoms with E-state index in [1.54, 1.807) is 10.9 Å². The summed E-state index contributed by atoms with van der Waals surface area (Å²) in [4.78, 5) is 20.0. The second-order valence-electron chi connectivity index (χ2n) is 7.80. The van der Waals surface area contributed by atoms with Gasteiger partial charge in [0.2, 0.25) is 11.9 Å². The van der Waals surface area contributed by atoms with Gasteiger partial charge in [-0.25, -0.2) is 9.37 Å². The third kappa shape index (κ3) is 5.64. The lowest BCUT2D eigenvalue weighted by molar-refractivity contribution is -0.111. The number of carbonyl (C=O) groups is 1. The number of rotatable bonds is 7. The maximum absolute atomic E-state index is 14.4. The number of anilines is 5. The zero-order valence-electron chi connectivity index (χ0n) is 17.9. The third-order valence-electron chi connectivity index (χ3n) is 5.39. The predicted molar refractivity (Wildman–Crippen MR) is 130 cm³/mol. The first-order chi connectivity index (χ1) is 16.3. The van der Waals surface area contributed by atoms with Gasteiger partial charge in [-0.3, -0.25) is 9.48 Å². The minimum atomic E-state index is -0.567. The quantitative estimate of drug-likeness (QED) is 0.325. The summed E-state index contributed by atoms with van der Waals surface area (Å²) in [6.07, 6.45) is 7.02. The average Bonchev–Trinajstić information content (AvgIpc) is 3.18. The first-order valence-corrected chi connectivity index (χ1v) is 11.3. The normalized spacial score (nSPS) is 17.8. The van der Waals surface area contributed by atoms with Crippen LogP contribution in [0.2, 0.25) is 10.2 Å². The molecule has 0 spiro atoms. The number of halogens is 3. The van der Waals surface area contributed by atoms with Gasteiger partial charge in [-0.2, -0.15) is 10.1 Å². The SMILES string of the molecule is C=CC(=O)Nc1ccc(F)c(Nc2nc(Nc3cn(C4CCC(O)CC4)nc3Cl)ncc2Cl)c1. The molecule has 0 radical (unpaired) electrons. The van der Waals surface area contributed by atoms with Crippen molar-refractivity contribution in [1.82, 2.24) is 19.7 Å². The molecule has 4 rings (SSSR count). The van der Waals surface area contributed by atoms with Crippen LogP contribution >= 0.6 is 23.2 Å². The lowest BCUT2D eigenvalue weighted by Gasteiger charge is -2.25. The van der Waals surface area contributed by atoms with Gasteiger partial charge in [-0.1, -0.05) is 29.8 Å². The van der Waals surface area contributed by atoms with Crippen LogP contribution in [0.1, 0.15) is 31.7 Å². The number of aliphatic hydroxyl groups is 1. The molecule has 2 heterocycles. The van der Waals surface area contributed by atoms with Crippen LogP contribution in [-0.4, -0.2) is 36.9 Å². The fourth-order valence-corrected chi connectivity index (χ4v) is 3.94. The first-order valence-electron chi connectivity index (χ1n) is 10.5. The predicted octanol–water partition coefficient (Wildman–Crippen LogP) is 5.21. The van der Waals surface area contributed by atoms with Gasteiger partial charge in [-0.15, -0.1) is 0 Å². The Morgan fingerprint density at radius 3 is 2.71 bits per heavy atom. The van der Waals surface area contributed by atoms with E-state index in [1.165, 1.54) is 24.4 Å². The van der Waals surface area contributed by atoms with E-state index in [4.69, 9.17) is 23.2 Å². The Bertz CT molecular complexity index is 1210. The monoisotopic (exact) mass is 505 g/mol. The van der Waals surface area contributed by atoms with Gasteiger partial charge in [0, 0.05) is 5.69 Å². The van der Waals surface area contributed by atoms with Crippen molar-refractivity contribution in [3.05, 3.63) is 59.2 Å². The van der Waals surface area contributed by atoms with Crippen molar-refractivity contribution in [2.75, 3.05) is 16.0 Å². The van der Waals surface area contributed by atoms with Crippen molar-refractivity contribution < 1.29 is 14.3 Å². The topological polar surface area (TPSA) is 117 Å². The van der Waals surface area contributed by atoms with Gasteiger partial charge in [0.05, 0.1) is 35.9 Å². The number of benzene rings is 1. The summed E-state index contributed by atoms with van der Waals surface area (Å²) in [6, 6.07) is 4.18. The van der Waals surface area contributed by atoms with Crippen molar-refractivity contribution in [2.45, 2.75) is 37.8 Å². The van der Waals surface area contributed by atoms with Crippen LogP contribution in [0.25, 0.3) is 0 Å². The highest BCUT2D eigenvalue weighted by molar-refractivity contribution is 6.33. The van der Waals surface area contributed by atoms with Crippen LogP contribution in [0.5, 0.6) is 0 Å². The highest BCUT2D eigenvalue weighted by Crippen LogP contribution is 2.33. The molecule has 178 valence electrons. The summed E-state index contributed by atoms with van der Waals surface area (Å²) in [5.41, 5.74) is 0.923. The van der Waals surface area contributed by atoms with E-state index in [-0.39, 0.29) is 39.8 Å². The molecule has 0 unspecified atom stereocenters. The Morgan fingerprint density at radius 1 is 1.21 bits per heavy atom. The van der Waals surface area contributed by atoms with Crippen molar-refractivity contribution in [3.63, 3.8) is 0 Å². The maximum atomic E-state index is 14.4. The van der Waals surface area contributed by atoms with E-state index in [1.807, 2.05) is 0 Å². The molecule has 1 saturated carbocycles. The van der Waals surface area contributed by atoms with Gasteiger partial charge in [0.1, 0.15) is 10.8 Å². The molecule has 4 N–H and O–H groups in total. The summed E-state index contributed by atoms with van der Waals surface area (Å²) < 4.78 is 16.2. The first kappa shape index (κ1) is 23.9. The lowest BCUT2D eigenvalue weighted by Crippen LogP contribution is -2.21. The van der Waals surface area contributed by atoms with Gasteiger partial charge < -0.3 is 21.1 Å². The van der Waals surface area contributed by atoms with E-state index in [0.717, 1.165) is 31.8 Å². The molecular formula is C22H22Cl2FN7O2. The van der Waals surface area contributed by atoms with Crippen LogP contribution in [0.4, 0.5) is 33.2 Å². The van der Waals surface area contributed by atoms with E-state index in [0.29, 0.717) is 11.4 Å². The molecule has 2 aromatic heterocycles. The maximum Gasteiger partial charge on any atom is 0.247 e. The van der Waals surface area contributed by atoms with E-state index in [2.05, 4.69) is 37.6 Å². The largest absolute Gasteiger partial charge is 0.393 e. The summed E-state index contributed by atoms with van der Waals surface area (Å²) in [7, 11) is 0. The Balaban J connectivity index is 1.52. The smallest absolute Gasteiger partial charge is 0.247 e. The number of amides is 1. The number of aromatic nitrogens is 4. The minimum absolute atomic E-state index is 0.0544. The Hall–Kier alpha value is -3.21. The summed E-state index contributed by atoms with van der Waals surface area (Å²) in [5.74, 6) is -0.673. The molecule has 0 saturated heterocycles. The Morgan fingerprint density at radius 2 is 1.97 bits per heavy atom. The molecule has 0 bridgehead atoms. The summed E-state index contributed by atoms with van der Waals surface area (Å²) in [6.45, 7) is 3.39. The van der Waals surface area contributed by atoms with Crippen molar-refractivity contribution in [2.24, 2.45) is 0 Å². The van der Waals surface area contributed by atoms with Gasteiger partial charge >= 0.3 is 0 Å². The number of hydrogen-bond acceptors (Lipinski definition) is 7.